The average molecular weight is 304 g/mol. The molecule has 0 radical (unpaired) electrons. The summed E-state index contributed by atoms with van der Waals surface area (Å²) in [6.45, 7) is 4.57. The zero-order chi connectivity index (χ0) is 16.2. The van der Waals surface area contributed by atoms with E-state index in [1.54, 1.807) is 4.68 Å². The van der Waals surface area contributed by atoms with Crippen LogP contribution in [0.2, 0.25) is 0 Å². The van der Waals surface area contributed by atoms with Crippen LogP contribution in [0.1, 0.15) is 18.2 Å². The Kier molecular flexibility index (Phi) is 4.07. The minimum absolute atomic E-state index is 0.313. The summed E-state index contributed by atoms with van der Waals surface area (Å²) in [5, 5.41) is 17.5. The van der Waals surface area contributed by atoms with Gasteiger partial charge in [-0.2, -0.15) is 5.26 Å². The Morgan fingerprint density at radius 3 is 2.52 bits per heavy atom. The van der Waals surface area contributed by atoms with E-state index in [4.69, 9.17) is 4.74 Å². The van der Waals surface area contributed by atoms with Crippen molar-refractivity contribution >= 4 is 0 Å². The number of benzene rings is 2. The fourth-order valence-corrected chi connectivity index (χ4v) is 2.47. The Hall–Kier alpha value is -3.13. The van der Waals surface area contributed by atoms with Crippen molar-refractivity contribution in [3.8, 4) is 28.8 Å². The highest BCUT2D eigenvalue weighted by Crippen LogP contribution is 2.28. The van der Waals surface area contributed by atoms with Crippen LogP contribution in [0.15, 0.2) is 48.5 Å². The molecule has 1 heterocycles. The monoisotopic (exact) mass is 304 g/mol. The SMILES string of the molecule is CCOc1ccc(-n2nnc(C#N)c2-c2ccccc2C)cc1. The molecule has 0 bridgehead atoms. The zero-order valence-electron chi connectivity index (χ0n) is 13.0. The molecule has 0 N–H and O–H groups in total. The third kappa shape index (κ3) is 2.79. The van der Waals surface area contributed by atoms with Gasteiger partial charge in [0.15, 0.2) is 5.69 Å². The molecule has 0 fully saturated rings. The van der Waals surface area contributed by atoms with Gasteiger partial charge in [-0.05, 0) is 43.7 Å². The summed E-state index contributed by atoms with van der Waals surface area (Å²) in [6, 6.07) is 17.6. The lowest BCUT2D eigenvalue weighted by atomic mass is 10.0. The Balaban J connectivity index is 2.13. The normalized spacial score (nSPS) is 10.3. The van der Waals surface area contributed by atoms with E-state index in [1.165, 1.54) is 0 Å². The molecular weight excluding hydrogens is 288 g/mol. The molecule has 0 unspecified atom stereocenters. The standard InChI is InChI=1S/C18H16N4O/c1-3-23-15-10-8-14(9-11-15)22-18(17(12-19)20-21-22)16-7-5-4-6-13(16)2/h4-11H,3H2,1-2H3. The predicted octanol–water partition coefficient (Wildman–Crippen LogP) is 3.51. The number of ether oxygens (including phenoxy) is 1. The molecule has 23 heavy (non-hydrogen) atoms. The molecule has 0 spiro atoms. The smallest absolute Gasteiger partial charge is 0.191 e. The lowest BCUT2D eigenvalue weighted by Gasteiger charge is -2.10. The van der Waals surface area contributed by atoms with Crippen molar-refractivity contribution in [3.63, 3.8) is 0 Å². The second-order valence-corrected chi connectivity index (χ2v) is 5.05. The van der Waals surface area contributed by atoms with E-state index in [0.717, 1.165) is 22.6 Å². The molecule has 0 aliphatic carbocycles. The summed E-state index contributed by atoms with van der Waals surface area (Å²) >= 11 is 0. The molecule has 114 valence electrons. The van der Waals surface area contributed by atoms with E-state index < -0.39 is 0 Å². The number of nitriles is 1. The highest BCUT2D eigenvalue weighted by molar-refractivity contribution is 5.70. The van der Waals surface area contributed by atoms with Crippen molar-refractivity contribution in [1.29, 1.82) is 5.26 Å². The van der Waals surface area contributed by atoms with Gasteiger partial charge in [0.25, 0.3) is 0 Å². The van der Waals surface area contributed by atoms with Gasteiger partial charge in [0.05, 0.1) is 12.3 Å². The summed E-state index contributed by atoms with van der Waals surface area (Å²) in [5.74, 6) is 0.800. The van der Waals surface area contributed by atoms with Crippen LogP contribution in [0.4, 0.5) is 0 Å². The minimum atomic E-state index is 0.313. The van der Waals surface area contributed by atoms with Crippen LogP contribution in [0.3, 0.4) is 0 Å². The molecule has 5 nitrogen and oxygen atoms in total. The van der Waals surface area contributed by atoms with Gasteiger partial charge in [0, 0.05) is 5.56 Å². The largest absolute Gasteiger partial charge is 0.494 e. The Morgan fingerprint density at radius 1 is 1.13 bits per heavy atom. The summed E-state index contributed by atoms with van der Waals surface area (Å²) in [7, 11) is 0. The van der Waals surface area contributed by atoms with Crippen molar-refractivity contribution in [1.82, 2.24) is 15.0 Å². The Morgan fingerprint density at radius 2 is 1.87 bits per heavy atom. The van der Waals surface area contributed by atoms with Gasteiger partial charge in [0.2, 0.25) is 0 Å². The maximum absolute atomic E-state index is 9.36. The van der Waals surface area contributed by atoms with Crippen molar-refractivity contribution < 1.29 is 4.74 Å². The van der Waals surface area contributed by atoms with E-state index in [9.17, 15) is 5.26 Å². The Labute approximate surface area is 134 Å². The fraction of sp³-hybridized carbons (Fsp3) is 0.167. The number of aromatic nitrogens is 3. The molecule has 3 rings (SSSR count). The summed E-state index contributed by atoms with van der Waals surface area (Å²) in [6.07, 6.45) is 0. The number of aryl methyl sites for hydroxylation is 1. The van der Waals surface area contributed by atoms with Crippen LogP contribution in [0, 0.1) is 18.3 Å². The quantitative estimate of drug-likeness (QED) is 0.740. The lowest BCUT2D eigenvalue weighted by Crippen LogP contribution is -2.01. The first-order valence-corrected chi connectivity index (χ1v) is 7.39. The first-order chi connectivity index (χ1) is 11.2. The predicted molar refractivity (Wildman–Crippen MR) is 87.4 cm³/mol. The van der Waals surface area contributed by atoms with Gasteiger partial charge < -0.3 is 4.74 Å². The second-order valence-electron chi connectivity index (χ2n) is 5.05. The van der Waals surface area contributed by atoms with Gasteiger partial charge in [-0.1, -0.05) is 29.5 Å². The van der Waals surface area contributed by atoms with E-state index >= 15 is 0 Å². The van der Waals surface area contributed by atoms with Crippen LogP contribution >= 0.6 is 0 Å². The van der Waals surface area contributed by atoms with Crippen molar-refractivity contribution in [2.75, 3.05) is 6.61 Å². The average Bonchev–Trinajstić information content (AvgIpc) is 3.00. The summed E-state index contributed by atoms with van der Waals surface area (Å²) < 4.78 is 7.15. The van der Waals surface area contributed by atoms with E-state index in [-0.39, 0.29) is 0 Å². The minimum Gasteiger partial charge on any atom is -0.494 e. The molecule has 2 aromatic carbocycles. The van der Waals surface area contributed by atoms with E-state index in [1.807, 2.05) is 62.4 Å². The maximum atomic E-state index is 9.36. The molecule has 0 saturated heterocycles. The molecule has 0 amide bonds. The molecule has 0 saturated carbocycles. The van der Waals surface area contributed by atoms with Crippen molar-refractivity contribution in [3.05, 3.63) is 59.8 Å². The van der Waals surface area contributed by atoms with Crippen molar-refractivity contribution in [2.24, 2.45) is 0 Å². The third-order valence-electron chi connectivity index (χ3n) is 3.57. The lowest BCUT2D eigenvalue weighted by molar-refractivity contribution is 0.340. The van der Waals surface area contributed by atoms with Crippen LogP contribution < -0.4 is 4.74 Å². The fourth-order valence-electron chi connectivity index (χ4n) is 2.47. The van der Waals surface area contributed by atoms with Gasteiger partial charge in [-0.25, -0.2) is 4.68 Å². The summed E-state index contributed by atoms with van der Waals surface area (Å²) in [5.41, 5.74) is 3.87. The van der Waals surface area contributed by atoms with Gasteiger partial charge in [-0.3, -0.25) is 0 Å². The van der Waals surface area contributed by atoms with Crippen LogP contribution in [-0.4, -0.2) is 21.6 Å². The van der Waals surface area contributed by atoms with Gasteiger partial charge in [0.1, 0.15) is 17.5 Å². The maximum Gasteiger partial charge on any atom is 0.191 e. The molecule has 1 aromatic heterocycles. The van der Waals surface area contributed by atoms with E-state index in [2.05, 4.69) is 16.4 Å². The molecule has 0 aliphatic rings. The van der Waals surface area contributed by atoms with Crippen LogP contribution in [0.5, 0.6) is 5.75 Å². The molecule has 0 aliphatic heterocycles. The number of nitrogens with zero attached hydrogens (tertiary/aromatic N) is 4. The third-order valence-corrected chi connectivity index (χ3v) is 3.57. The first-order valence-electron chi connectivity index (χ1n) is 7.39. The van der Waals surface area contributed by atoms with Gasteiger partial charge >= 0.3 is 0 Å². The summed E-state index contributed by atoms with van der Waals surface area (Å²) in [4.78, 5) is 0. The second kappa shape index (κ2) is 6.32. The first kappa shape index (κ1) is 14.8. The number of hydrogen-bond donors (Lipinski definition) is 0. The molecule has 3 aromatic rings. The zero-order valence-corrected chi connectivity index (χ0v) is 13.0. The van der Waals surface area contributed by atoms with Crippen LogP contribution in [-0.2, 0) is 0 Å². The highest BCUT2D eigenvalue weighted by Gasteiger charge is 2.17. The van der Waals surface area contributed by atoms with E-state index in [0.29, 0.717) is 18.0 Å². The number of hydrogen-bond acceptors (Lipinski definition) is 4. The molecule has 5 heteroatoms. The molecular formula is C18H16N4O. The Bertz CT molecular complexity index is 859. The number of rotatable bonds is 4. The molecule has 0 atom stereocenters. The highest BCUT2D eigenvalue weighted by atomic mass is 16.5. The van der Waals surface area contributed by atoms with Gasteiger partial charge in [-0.15, -0.1) is 5.10 Å². The topological polar surface area (TPSA) is 63.7 Å². The van der Waals surface area contributed by atoms with Crippen molar-refractivity contribution in [2.45, 2.75) is 13.8 Å². The van der Waals surface area contributed by atoms with Crippen LogP contribution in [0.25, 0.3) is 16.9 Å².